The van der Waals surface area contributed by atoms with Crippen molar-refractivity contribution in [3.8, 4) is 5.75 Å². The van der Waals surface area contributed by atoms with E-state index in [-0.39, 0.29) is 18.6 Å². The topological polar surface area (TPSA) is 58.8 Å². The molecule has 1 atom stereocenters. The van der Waals surface area contributed by atoms with Gasteiger partial charge < -0.3 is 20.3 Å². The molecule has 1 aromatic carbocycles. The van der Waals surface area contributed by atoms with Gasteiger partial charge in [-0.3, -0.25) is 4.79 Å². The third-order valence-corrected chi connectivity index (χ3v) is 4.02. The fraction of sp³-hybridized carbons (Fsp3) is 0.588. The van der Waals surface area contributed by atoms with E-state index in [0.717, 1.165) is 30.0 Å². The van der Waals surface area contributed by atoms with Gasteiger partial charge in [-0.1, -0.05) is 19.9 Å². The van der Waals surface area contributed by atoms with Gasteiger partial charge in [-0.2, -0.15) is 0 Å². The van der Waals surface area contributed by atoms with Crippen LogP contribution >= 0.6 is 0 Å². The van der Waals surface area contributed by atoms with E-state index < -0.39 is 0 Å². The highest BCUT2D eigenvalue weighted by molar-refractivity contribution is 5.97. The number of benzene rings is 1. The summed E-state index contributed by atoms with van der Waals surface area (Å²) in [6.07, 6.45) is 0.929. The molecule has 122 valence electrons. The maximum absolute atomic E-state index is 12.2. The number of carbonyl (C=O) groups excluding carboxylic acids is 1. The lowest BCUT2D eigenvalue weighted by Crippen LogP contribution is -2.40. The molecule has 0 radical (unpaired) electrons. The van der Waals surface area contributed by atoms with E-state index in [2.05, 4.69) is 18.7 Å². The number of hydrogen-bond acceptors (Lipinski definition) is 4. The molecule has 0 aromatic heterocycles. The van der Waals surface area contributed by atoms with Crippen LogP contribution in [0.3, 0.4) is 0 Å². The van der Waals surface area contributed by atoms with Gasteiger partial charge in [0.05, 0.1) is 5.69 Å². The summed E-state index contributed by atoms with van der Waals surface area (Å²) in [4.78, 5) is 16.2. The highest BCUT2D eigenvalue weighted by Crippen LogP contribution is 2.35. The van der Waals surface area contributed by atoms with Crippen LogP contribution in [0.2, 0.25) is 0 Å². The monoisotopic (exact) mass is 305 g/mol. The Bertz CT molecular complexity index is 529. The van der Waals surface area contributed by atoms with Crippen LogP contribution < -0.4 is 15.4 Å². The lowest BCUT2D eigenvalue weighted by molar-refractivity contribution is -0.121. The number of rotatable bonds is 6. The van der Waals surface area contributed by atoms with Crippen molar-refractivity contribution in [1.29, 1.82) is 0 Å². The Morgan fingerprint density at radius 1 is 1.36 bits per heavy atom. The number of fused-ring (bicyclic) bond motifs is 1. The molecule has 5 nitrogen and oxygen atoms in total. The standard InChI is InChI=1S/C17H27N3O2/c1-12(2)17(18)13-6-7-15-14(10-13)20(16(21)11-22-15)9-5-8-19(3)4/h6-7,10,12,17H,5,8-9,11,18H2,1-4H3. The molecule has 0 saturated heterocycles. The summed E-state index contributed by atoms with van der Waals surface area (Å²) in [7, 11) is 4.07. The van der Waals surface area contributed by atoms with Crippen LogP contribution in [0.1, 0.15) is 31.9 Å². The molecule has 2 N–H and O–H groups in total. The zero-order chi connectivity index (χ0) is 16.3. The number of nitrogens with zero attached hydrogens (tertiary/aromatic N) is 2. The Labute approximate surface area is 133 Å². The molecular weight excluding hydrogens is 278 g/mol. The Morgan fingerprint density at radius 2 is 2.09 bits per heavy atom. The summed E-state index contributed by atoms with van der Waals surface area (Å²) in [5, 5.41) is 0. The smallest absolute Gasteiger partial charge is 0.265 e. The van der Waals surface area contributed by atoms with Gasteiger partial charge in [0.15, 0.2) is 6.61 Å². The van der Waals surface area contributed by atoms with Crippen molar-refractivity contribution in [2.75, 3.05) is 38.7 Å². The summed E-state index contributed by atoms with van der Waals surface area (Å²) in [5.74, 6) is 1.13. The maximum Gasteiger partial charge on any atom is 0.265 e. The van der Waals surface area contributed by atoms with Crippen LogP contribution in [0.4, 0.5) is 5.69 Å². The summed E-state index contributed by atoms with van der Waals surface area (Å²) >= 11 is 0. The molecule has 2 rings (SSSR count). The normalized spacial score (nSPS) is 16.0. The predicted molar refractivity (Wildman–Crippen MR) is 89.2 cm³/mol. The Morgan fingerprint density at radius 3 is 2.73 bits per heavy atom. The van der Waals surface area contributed by atoms with Gasteiger partial charge >= 0.3 is 0 Å². The fourth-order valence-electron chi connectivity index (χ4n) is 2.60. The van der Waals surface area contributed by atoms with Crippen LogP contribution in [0.15, 0.2) is 18.2 Å². The van der Waals surface area contributed by atoms with Crippen molar-refractivity contribution in [2.24, 2.45) is 11.7 Å². The van der Waals surface area contributed by atoms with Crippen molar-refractivity contribution in [2.45, 2.75) is 26.3 Å². The van der Waals surface area contributed by atoms with E-state index in [4.69, 9.17) is 10.5 Å². The Hall–Kier alpha value is -1.59. The summed E-state index contributed by atoms with van der Waals surface area (Å²) in [6.45, 7) is 5.96. The molecule has 0 spiro atoms. The molecule has 0 aliphatic carbocycles. The molecule has 1 unspecified atom stereocenters. The predicted octanol–water partition coefficient (Wildman–Crippen LogP) is 2.02. The maximum atomic E-state index is 12.2. The molecule has 0 saturated carbocycles. The van der Waals surface area contributed by atoms with Crippen molar-refractivity contribution in [3.05, 3.63) is 23.8 Å². The third kappa shape index (κ3) is 3.78. The molecule has 1 aliphatic rings. The lowest BCUT2D eigenvalue weighted by Gasteiger charge is -2.31. The van der Waals surface area contributed by atoms with Crippen LogP contribution in [-0.4, -0.2) is 44.6 Å². The number of ether oxygens (including phenoxy) is 1. The third-order valence-electron chi connectivity index (χ3n) is 4.02. The van der Waals surface area contributed by atoms with E-state index in [1.807, 2.05) is 37.2 Å². The van der Waals surface area contributed by atoms with Gasteiger partial charge in [0.1, 0.15) is 5.75 Å². The van der Waals surface area contributed by atoms with Crippen LogP contribution in [0, 0.1) is 5.92 Å². The molecule has 22 heavy (non-hydrogen) atoms. The average molecular weight is 305 g/mol. The molecular formula is C17H27N3O2. The largest absolute Gasteiger partial charge is 0.482 e. The van der Waals surface area contributed by atoms with E-state index >= 15 is 0 Å². The molecule has 1 aromatic rings. The van der Waals surface area contributed by atoms with Gasteiger partial charge in [-0.25, -0.2) is 0 Å². The minimum Gasteiger partial charge on any atom is -0.482 e. The number of hydrogen-bond donors (Lipinski definition) is 1. The van der Waals surface area contributed by atoms with E-state index in [1.165, 1.54) is 0 Å². The molecule has 1 aliphatic heterocycles. The average Bonchev–Trinajstić information content (AvgIpc) is 2.47. The first kappa shape index (κ1) is 16.8. The molecule has 0 bridgehead atoms. The van der Waals surface area contributed by atoms with E-state index in [1.54, 1.807) is 0 Å². The first-order valence-corrected chi connectivity index (χ1v) is 7.87. The molecule has 5 heteroatoms. The quantitative estimate of drug-likeness (QED) is 0.873. The second-order valence-electron chi connectivity index (χ2n) is 6.49. The van der Waals surface area contributed by atoms with E-state index in [9.17, 15) is 4.79 Å². The highest BCUT2D eigenvalue weighted by atomic mass is 16.5. The first-order chi connectivity index (χ1) is 10.4. The SMILES string of the molecule is CC(C)C(N)c1ccc2c(c1)N(CCCN(C)C)C(=O)CO2. The van der Waals surface area contributed by atoms with Crippen molar-refractivity contribution in [1.82, 2.24) is 4.90 Å². The zero-order valence-corrected chi connectivity index (χ0v) is 14.0. The van der Waals surface area contributed by atoms with Crippen LogP contribution in [0.5, 0.6) is 5.75 Å². The van der Waals surface area contributed by atoms with Gasteiger partial charge in [-0.15, -0.1) is 0 Å². The number of nitrogens with two attached hydrogens (primary N) is 1. The van der Waals surface area contributed by atoms with Crippen LogP contribution in [0.25, 0.3) is 0 Å². The van der Waals surface area contributed by atoms with E-state index in [0.29, 0.717) is 12.5 Å². The minimum atomic E-state index is -0.0362. The van der Waals surface area contributed by atoms with Gasteiger partial charge in [0.2, 0.25) is 0 Å². The van der Waals surface area contributed by atoms with Gasteiger partial charge in [-0.05, 0) is 50.7 Å². The fourth-order valence-corrected chi connectivity index (χ4v) is 2.60. The number of carbonyl (C=O) groups is 1. The second kappa shape index (κ2) is 7.11. The first-order valence-electron chi connectivity index (χ1n) is 7.87. The van der Waals surface area contributed by atoms with Crippen LogP contribution in [-0.2, 0) is 4.79 Å². The number of amides is 1. The number of anilines is 1. The molecule has 0 fully saturated rings. The Kier molecular flexibility index (Phi) is 5.42. The highest BCUT2D eigenvalue weighted by Gasteiger charge is 2.26. The lowest BCUT2D eigenvalue weighted by atomic mass is 9.96. The van der Waals surface area contributed by atoms with Crippen molar-refractivity contribution < 1.29 is 9.53 Å². The van der Waals surface area contributed by atoms with Crippen molar-refractivity contribution >= 4 is 11.6 Å². The summed E-state index contributed by atoms with van der Waals surface area (Å²) in [6, 6.07) is 5.90. The minimum absolute atomic E-state index is 0.0153. The summed E-state index contributed by atoms with van der Waals surface area (Å²) in [5.41, 5.74) is 8.14. The second-order valence-corrected chi connectivity index (χ2v) is 6.49. The zero-order valence-electron chi connectivity index (χ0n) is 14.0. The molecule has 1 heterocycles. The molecule has 1 amide bonds. The van der Waals surface area contributed by atoms with Gasteiger partial charge in [0.25, 0.3) is 5.91 Å². The van der Waals surface area contributed by atoms with Gasteiger partial charge in [0, 0.05) is 12.6 Å². The Balaban J connectivity index is 2.23. The van der Waals surface area contributed by atoms with Crippen molar-refractivity contribution in [3.63, 3.8) is 0 Å². The summed E-state index contributed by atoms with van der Waals surface area (Å²) < 4.78 is 5.55.